The summed E-state index contributed by atoms with van der Waals surface area (Å²) in [5.74, 6) is 0.385. The lowest BCUT2D eigenvalue weighted by molar-refractivity contribution is -0.136. The van der Waals surface area contributed by atoms with Crippen LogP contribution in [0.1, 0.15) is 48.9 Å². The van der Waals surface area contributed by atoms with Crippen molar-refractivity contribution in [3.8, 4) is 5.75 Å². The minimum atomic E-state index is -0.467. The summed E-state index contributed by atoms with van der Waals surface area (Å²) in [4.78, 5) is 30.1. The predicted octanol–water partition coefficient (Wildman–Crippen LogP) is 4.53. The number of benzene rings is 2. The third-order valence-electron chi connectivity index (χ3n) is 6.56. The van der Waals surface area contributed by atoms with E-state index in [9.17, 15) is 14.0 Å². The molecule has 0 radical (unpaired) electrons. The van der Waals surface area contributed by atoms with Gasteiger partial charge in [0.15, 0.2) is 0 Å². The van der Waals surface area contributed by atoms with E-state index in [-0.39, 0.29) is 17.6 Å². The predicted molar refractivity (Wildman–Crippen MR) is 121 cm³/mol. The first-order chi connectivity index (χ1) is 15.5. The first-order valence-corrected chi connectivity index (χ1v) is 11.6. The molecule has 0 aromatic heterocycles. The number of piperidine rings is 2. The number of likely N-dealkylation sites (tertiary alicyclic amines) is 2. The lowest BCUT2D eigenvalue weighted by Gasteiger charge is -2.43. The molecule has 2 fully saturated rings. The van der Waals surface area contributed by atoms with Gasteiger partial charge in [-0.25, -0.2) is 4.39 Å². The molecule has 0 bridgehead atoms. The molecule has 1 atom stereocenters. The lowest BCUT2D eigenvalue weighted by atomic mass is 9.77. The molecule has 6 heteroatoms. The maximum Gasteiger partial charge on any atom is 0.253 e. The molecule has 0 unspecified atom stereocenters. The standard InChI is InChI=1S/C26H31FN2O3/c27-22-10-12-23(13-11-22)32-20-26(18-24(30)28-15-5-2-6-16-28)14-7-17-29(19-26)25(31)21-8-3-1-4-9-21/h1,3-4,8-13H,2,5-7,14-20H2/t26-/m0/s1. The van der Waals surface area contributed by atoms with E-state index < -0.39 is 5.41 Å². The molecule has 0 N–H and O–H groups in total. The normalized spacial score (nSPS) is 21.3. The summed E-state index contributed by atoms with van der Waals surface area (Å²) in [7, 11) is 0. The van der Waals surface area contributed by atoms with Crippen molar-refractivity contribution in [2.75, 3.05) is 32.8 Å². The Balaban J connectivity index is 1.52. The number of carbonyl (C=O) groups is 2. The smallest absolute Gasteiger partial charge is 0.253 e. The molecule has 32 heavy (non-hydrogen) atoms. The Labute approximate surface area is 189 Å². The Hall–Kier alpha value is -2.89. The number of nitrogens with zero attached hydrogens (tertiary/aromatic N) is 2. The first-order valence-electron chi connectivity index (χ1n) is 11.6. The second-order valence-electron chi connectivity index (χ2n) is 9.06. The van der Waals surface area contributed by atoms with Gasteiger partial charge in [-0.2, -0.15) is 0 Å². The van der Waals surface area contributed by atoms with Crippen molar-refractivity contribution in [1.82, 2.24) is 9.80 Å². The summed E-state index contributed by atoms with van der Waals surface area (Å²) in [6, 6.07) is 15.2. The van der Waals surface area contributed by atoms with Gasteiger partial charge in [0.1, 0.15) is 11.6 Å². The highest BCUT2D eigenvalue weighted by Gasteiger charge is 2.41. The van der Waals surface area contributed by atoms with Crippen LogP contribution in [0.3, 0.4) is 0 Å². The molecular weight excluding hydrogens is 407 g/mol. The molecule has 2 saturated heterocycles. The quantitative estimate of drug-likeness (QED) is 0.666. The van der Waals surface area contributed by atoms with Crippen molar-refractivity contribution in [3.63, 3.8) is 0 Å². The summed E-state index contributed by atoms with van der Waals surface area (Å²) in [5, 5.41) is 0. The zero-order valence-corrected chi connectivity index (χ0v) is 18.5. The van der Waals surface area contributed by atoms with Crippen molar-refractivity contribution in [1.29, 1.82) is 0 Å². The SMILES string of the molecule is O=C(C[C@@]1(COc2ccc(F)cc2)CCCN(C(=O)c2ccccc2)C1)N1CCCCC1. The van der Waals surface area contributed by atoms with Crippen molar-refractivity contribution in [2.45, 2.75) is 38.5 Å². The fourth-order valence-corrected chi connectivity index (χ4v) is 4.80. The highest BCUT2D eigenvalue weighted by molar-refractivity contribution is 5.94. The Bertz CT molecular complexity index is 912. The zero-order valence-electron chi connectivity index (χ0n) is 18.5. The van der Waals surface area contributed by atoms with Gasteiger partial charge in [-0.1, -0.05) is 18.2 Å². The van der Waals surface area contributed by atoms with Gasteiger partial charge in [-0.3, -0.25) is 9.59 Å². The molecule has 2 heterocycles. The van der Waals surface area contributed by atoms with E-state index in [0.717, 1.165) is 38.8 Å². The fraction of sp³-hybridized carbons (Fsp3) is 0.462. The summed E-state index contributed by atoms with van der Waals surface area (Å²) in [5.41, 5.74) is 0.191. The molecule has 4 rings (SSSR count). The molecule has 5 nitrogen and oxygen atoms in total. The van der Waals surface area contributed by atoms with E-state index in [1.54, 1.807) is 12.1 Å². The van der Waals surface area contributed by atoms with Crippen LogP contribution in [0.4, 0.5) is 4.39 Å². The van der Waals surface area contributed by atoms with Crippen LogP contribution in [0.2, 0.25) is 0 Å². The van der Waals surface area contributed by atoms with Gasteiger partial charge in [0.05, 0.1) is 6.61 Å². The number of ether oxygens (including phenoxy) is 1. The van der Waals surface area contributed by atoms with Crippen molar-refractivity contribution in [2.24, 2.45) is 5.41 Å². The lowest BCUT2D eigenvalue weighted by Crippen LogP contribution is -2.51. The maximum atomic E-state index is 13.3. The second kappa shape index (κ2) is 10.2. The minimum absolute atomic E-state index is 0.0121. The number of rotatable bonds is 6. The number of hydrogen-bond acceptors (Lipinski definition) is 3. The second-order valence-corrected chi connectivity index (χ2v) is 9.06. The van der Waals surface area contributed by atoms with E-state index in [2.05, 4.69) is 0 Å². The van der Waals surface area contributed by atoms with Crippen LogP contribution in [0.5, 0.6) is 5.75 Å². The molecule has 0 aliphatic carbocycles. The third-order valence-corrected chi connectivity index (χ3v) is 6.56. The van der Waals surface area contributed by atoms with E-state index >= 15 is 0 Å². The Morgan fingerprint density at radius 1 is 0.875 bits per heavy atom. The van der Waals surface area contributed by atoms with E-state index in [4.69, 9.17) is 4.74 Å². The molecule has 0 saturated carbocycles. The van der Waals surface area contributed by atoms with Crippen LogP contribution in [0, 0.1) is 11.2 Å². The Kier molecular flexibility index (Phi) is 7.08. The van der Waals surface area contributed by atoms with Gasteiger partial charge in [-0.15, -0.1) is 0 Å². The topological polar surface area (TPSA) is 49.9 Å². The third kappa shape index (κ3) is 5.47. The summed E-state index contributed by atoms with van der Waals surface area (Å²) in [6.07, 6.45) is 5.24. The van der Waals surface area contributed by atoms with Crippen LogP contribution in [0.15, 0.2) is 54.6 Å². The van der Waals surface area contributed by atoms with Crippen molar-refractivity contribution in [3.05, 3.63) is 66.0 Å². The minimum Gasteiger partial charge on any atom is -0.493 e. The average Bonchev–Trinajstić information content (AvgIpc) is 2.84. The van der Waals surface area contributed by atoms with Gasteiger partial charge in [0.2, 0.25) is 5.91 Å². The van der Waals surface area contributed by atoms with Crippen molar-refractivity contribution < 1.29 is 18.7 Å². The van der Waals surface area contributed by atoms with Gasteiger partial charge < -0.3 is 14.5 Å². The van der Waals surface area contributed by atoms with E-state index in [0.29, 0.717) is 37.4 Å². The molecule has 170 valence electrons. The van der Waals surface area contributed by atoms with Gasteiger partial charge in [0.25, 0.3) is 5.91 Å². The van der Waals surface area contributed by atoms with Crippen LogP contribution in [0.25, 0.3) is 0 Å². The summed E-state index contributed by atoms with van der Waals surface area (Å²) < 4.78 is 19.3. The van der Waals surface area contributed by atoms with E-state index in [1.807, 2.05) is 40.1 Å². The Morgan fingerprint density at radius 2 is 1.56 bits per heavy atom. The maximum absolute atomic E-state index is 13.3. The molecular formula is C26H31FN2O3. The largest absolute Gasteiger partial charge is 0.493 e. The van der Waals surface area contributed by atoms with Crippen LogP contribution in [-0.4, -0.2) is 54.4 Å². The molecule has 2 aromatic carbocycles. The average molecular weight is 439 g/mol. The zero-order chi connectivity index (χ0) is 22.4. The summed E-state index contributed by atoms with van der Waals surface area (Å²) >= 11 is 0. The number of carbonyl (C=O) groups excluding carboxylic acids is 2. The molecule has 0 spiro atoms. The van der Waals surface area contributed by atoms with Gasteiger partial charge in [-0.05, 0) is 68.5 Å². The fourth-order valence-electron chi connectivity index (χ4n) is 4.80. The number of halogens is 1. The highest BCUT2D eigenvalue weighted by Crippen LogP contribution is 2.36. The van der Waals surface area contributed by atoms with Gasteiger partial charge >= 0.3 is 0 Å². The number of amides is 2. The summed E-state index contributed by atoms with van der Waals surface area (Å²) in [6.45, 7) is 3.07. The van der Waals surface area contributed by atoms with Crippen LogP contribution >= 0.6 is 0 Å². The molecule has 2 amide bonds. The molecule has 2 aliphatic rings. The first kappa shape index (κ1) is 22.3. The number of hydrogen-bond donors (Lipinski definition) is 0. The van der Waals surface area contributed by atoms with Crippen LogP contribution < -0.4 is 4.74 Å². The monoisotopic (exact) mass is 438 g/mol. The van der Waals surface area contributed by atoms with Crippen molar-refractivity contribution >= 4 is 11.8 Å². The van der Waals surface area contributed by atoms with Crippen LogP contribution in [-0.2, 0) is 4.79 Å². The molecule has 2 aromatic rings. The molecule has 2 aliphatic heterocycles. The van der Waals surface area contributed by atoms with E-state index in [1.165, 1.54) is 18.6 Å². The van der Waals surface area contributed by atoms with Gasteiger partial charge in [0, 0.05) is 43.6 Å². The highest BCUT2D eigenvalue weighted by atomic mass is 19.1. The Morgan fingerprint density at radius 3 is 2.28 bits per heavy atom.